The molecule has 0 aliphatic carbocycles. The van der Waals surface area contributed by atoms with Crippen LogP contribution in [0.3, 0.4) is 0 Å². The smallest absolute Gasteiger partial charge is 0.346 e. The number of carboxylic acid groups (broad SMARTS) is 1. The molecule has 5 heterocycles. The zero-order chi connectivity index (χ0) is 86.1. The second-order valence-electron chi connectivity index (χ2n) is 30.0. The number of aliphatic carboxylic acids is 1. The number of carbonyl (C=O) groups excluding carboxylic acids is 10. The third-order valence-corrected chi connectivity index (χ3v) is 20.5. The zero-order valence-electron chi connectivity index (χ0n) is 68.7. The van der Waals surface area contributed by atoms with Gasteiger partial charge in [0.2, 0.25) is 46.6 Å². The summed E-state index contributed by atoms with van der Waals surface area (Å²) in [6.45, 7) is 18.2. The van der Waals surface area contributed by atoms with E-state index in [0.29, 0.717) is 114 Å². The van der Waals surface area contributed by atoms with E-state index in [4.69, 9.17) is 14.5 Å². The summed E-state index contributed by atoms with van der Waals surface area (Å²) in [5.74, 6) is -7.78. The molecular formula is C80H110N20O19. The first-order valence-corrected chi connectivity index (χ1v) is 40.0. The number of piperazine rings is 2. The average molecular weight is 1660 g/mol. The van der Waals surface area contributed by atoms with Crippen LogP contribution in [0.4, 0.5) is 0 Å². The largest absolute Gasteiger partial charge is 0.508 e. The first kappa shape index (κ1) is 91.2. The number of aromatic nitrogens is 6. The normalized spacial score (nSPS) is 15.5. The van der Waals surface area contributed by atoms with Crippen LogP contribution in [0.15, 0.2) is 72.8 Å². The molecule has 9 rings (SSSR count). The van der Waals surface area contributed by atoms with Gasteiger partial charge in [0.25, 0.3) is 11.8 Å². The second-order valence-corrected chi connectivity index (χ2v) is 30.0. The van der Waals surface area contributed by atoms with Gasteiger partial charge in [-0.2, -0.15) is 0 Å². The van der Waals surface area contributed by atoms with Gasteiger partial charge in [0.05, 0.1) is 30.8 Å². The number of nitrogens with zero attached hydrogens (tertiary/aromatic N) is 14. The summed E-state index contributed by atoms with van der Waals surface area (Å²) in [6, 6.07) is 18.1. The number of benzene rings is 4. The topological polar surface area (TPSA) is 476 Å². The monoisotopic (exact) mass is 1650 g/mol. The minimum atomic E-state index is -1.31. The van der Waals surface area contributed by atoms with Gasteiger partial charge in [0.15, 0.2) is 11.6 Å². The van der Waals surface area contributed by atoms with Crippen molar-refractivity contribution < 1.29 is 92.8 Å². The van der Waals surface area contributed by atoms with Gasteiger partial charge >= 0.3 is 23.9 Å². The average Bonchev–Trinajstić information content (AvgIpc) is 1.65. The molecule has 3 aliphatic heterocycles. The highest BCUT2D eigenvalue weighted by atomic mass is 17.2. The summed E-state index contributed by atoms with van der Waals surface area (Å²) in [7, 11) is 3.33. The van der Waals surface area contributed by atoms with Gasteiger partial charge in [-0.1, -0.05) is 58.9 Å². The number of aromatic hydroxyl groups is 4. The molecule has 0 bridgehead atoms. The number of nitrogens with one attached hydrogen (secondary N) is 6. The molecule has 0 radical (unpaired) electrons. The zero-order valence-corrected chi connectivity index (χ0v) is 68.7. The van der Waals surface area contributed by atoms with E-state index in [1.807, 2.05) is 64.1 Å². The van der Waals surface area contributed by atoms with Gasteiger partial charge < -0.3 is 67.2 Å². The number of phenolic OH excluding ortho intramolecular Hbond substituents is 4. The Kier molecular flexibility index (Phi) is 33.4. The SMILES string of the molecule is CCNC(=O)c1nnc(-c2cc(C(C)C)c(O)cc2O)n1-c1ccc(CN2CCN(C(=O)CCNC(=O)CCNC(=O)[C@@H](CCC(=O)N3CCN(Cc4ccc(-n5c(C(=O)NCC)nnc5-c5cc(C(C)C)c(O)cc5O)cc4)CC3)NC(=O)CC[C@H](C(=O)O)N(CC)CCNCC(=O)ON3OC(=O)CN(C)CCN(C)CC(=O)O3)CC2)cc1. The highest BCUT2D eigenvalue weighted by Gasteiger charge is 2.33. The Balaban J connectivity index is 0.766. The highest BCUT2D eigenvalue weighted by Crippen LogP contribution is 2.40. The molecule has 2 atom stereocenters. The van der Waals surface area contributed by atoms with E-state index >= 15 is 0 Å². The third kappa shape index (κ3) is 25.6. The van der Waals surface area contributed by atoms with Gasteiger partial charge in [-0.05, 0) is 118 Å². The van der Waals surface area contributed by atoms with E-state index in [1.54, 1.807) is 92.8 Å². The van der Waals surface area contributed by atoms with Gasteiger partial charge in [-0.15, -0.1) is 20.4 Å². The van der Waals surface area contributed by atoms with Crippen molar-refractivity contribution >= 4 is 65.2 Å². The van der Waals surface area contributed by atoms with Gasteiger partial charge in [0, 0.05) is 167 Å². The first-order valence-electron chi connectivity index (χ1n) is 40.0. The van der Waals surface area contributed by atoms with Crippen molar-refractivity contribution in [1.29, 1.82) is 0 Å². The predicted molar refractivity (Wildman–Crippen MR) is 430 cm³/mol. The van der Waals surface area contributed by atoms with Crippen molar-refractivity contribution in [3.63, 3.8) is 0 Å². The number of carboxylic acids is 1. The van der Waals surface area contributed by atoms with Crippen LogP contribution >= 0.6 is 0 Å². The lowest BCUT2D eigenvalue weighted by atomic mass is 9.98. The Morgan fingerprint density at radius 1 is 0.529 bits per heavy atom. The van der Waals surface area contributed by atoms with E-state index in [-0.39, 0.29) is 171 Å². The quantitative estimate of drug-likeness (QED) is 0.0247. The fourth-order valence-corrected chi connectivity index (χ4v) is 13.9. The Bertz CT molecular complexity index is 4520. The molecule has 3 aliphatic rings. The molecule has 644 valence electrons. The fraction of sp³-hybridized carbons (Fsp3) is 0.512. The molecule has 39 nitrogen and oxygen atoms in total. The number of hydrogen-bond donors (Lipinski definition) is 11. The molecule has 3 saturated heterocycles. The van der Waals surface area contributed by atoms with Crippen LogP contribution in [0.5, 0.6) is 23.0 Å². The minimum Gasteiger partial charge on any atom is -0.508 e. The lowest BCUT2D eigenvalue weighted by Crippen LogP contribution is -2.50. The van der Waals surface area contributed by atoms with Crippen molar-refractivity contribution in [2.45, 2.75) is 124 Å². The van der Waals surface area contributed by atoms with E-state index < -0.39 is 72.0 Å². The maximum atomic E-state index is 14.1. The summed E-state index contributed by atoms with van der Waals surface area (Å²) in [6.07, 6.45) is -1.15. The molecule has 7 amide bonds. The van der Waals surface area contributed by atoms with Crippen LogP contribution < -0.4 is 31.9 Å². The lowest BCUT2D eigenvalue weighted by molar-refractivity contribution is -0.463. The lowest BCUT2D eigenvalue weighted by Gasteiger charge is -2.35. The molecule has 3 fully saturated rings. The summed E-state index contributed by atoms with van der Waals surface area (Å²) in [4.78, 5) is 173. The molecule has 0 spiro atoms. The number of carbonyl (C=O) groups is 11. The molecular weight excluding hydrogens is 1550 g/mol. The van der Waals surface area contributed by atoms with Gasteiger partial charge in [0.1, 0.15) is 35.1 Å². The predicted octanol–water partition coefficient (Wildman–Crippen LogP) is 1.72. The first-order chi connectivity index (χ1) is 56.9. The van der Waals surface area contributed by atoms with Crippen LogP contribution in [0.2, 0.25) is 0 Å². The number of amides is 7. The summed E-state index contributed by atoms with van der Waals surface area (Å²) in [5.41, 5.74) is 4.64. The Labute approximate surface area is 689 Å². The molecule has 119 heavy (non-hydrogen) atoms. The van der Waals surface area contributed by atoms with Crippen LogP contribution in [-0.2, 0) is 70.8 Å². The Morgan fingerprint density at radius 2 is 0.992 bits per heavy atom. The van der Waals surface area contributed by atoms with E-state index in [0.717, 1.165) is 11.1 Å². The molecule has 0 unspecified atom stereocenters. The van der Waals surface area contributed by atoms with Crippen molar-refractivity contribution in [1.82, 2.24) is 101 Å². The second kappa shape index (κ2) is 43.6. The van der Waals surface area contributed by atoms with Crippen LogP contribution in [0, 0.1) is 0 Å². The van der Waals surface area contributed by atoms with E-state index in [9.17, 15) is 78.3 Å². The Morgan fingerprint density at radius 3 is 1.44 bits per heavy atom. The maximum absolute atomic E-state index is 14.1. The van der Waals surface area contributed by atoms with Crippen LogP contribution in [0.1, 0.15) is 142 Å². The third-order valence-electron chi connectivity index (χ3n) is 20.5. The van der Waals surface area contributed by atoms with Crippen LogP contribution in [-0.4, -0.2) is 317 Å². The molecule has 39 heteroatoms. The van der Waals surface area contributed by atoms with E-state index in [2.05, 4.69) is 62.1 Å². The van der Waals surface area contributed by atoms with Crippen molar-refractivity contribution in [3.05, 3.63) is 107 Å². The molecule has 0 saturated carbocycles. The number of rotatable bonds is 37. The van der Waals surface area contributed by atoms with Gasteiger partial charge in [-0.25, -0.2) is 14.4 Å². The maximum Gasteiger partial charge on any atom is 0.346 e. The number of phenols is 4. The van der Waals surface area contributed by atoms with Crippen LogP contribution in [0.25, 0.3) is 34.2 Å². The molecule has 2 aromatic heterocycles. The number of hydrogen-bond acceptors (Lipinski definition) is 29. The highest BCUT2D eigenvalue weighted by molar-refractivity contribution is 5.94. The van der Waals surface area contributed by atoms with Crippen molar-refractivity contribution in [2.24, 2.45) is 0 Å². The Hall–Kier alpha value is -11.7. The number of likely N-dealkylation sites (N-methyl/N-ethyl adjacent to an activating group) is 3. The summed E-state index contributed by atoms with van der Waals surface area (Å²) >= 11 is 0. The molecule has 4 aromatic carbocycles. The molecule has 6 aromatic rings. The molecule has 11 N–H and O–H groups in total. The minimum absolute atomic E-state index is 0.00588. The standard InChI is InChI=1S/C80H110N20O19/c1-10-82-78(113)75-89-87-73(58-41-56(50(4)5)62(101)43-64(58)103)98(75)54-17-13-52(14-18-54)46-93-33-37-96(38-34-93)68(107)24-21-60(86-67(106)23-22-61(80(115)116)95(12-3)30-29-81-45-70(109)117-100-118-71(110)48-91(8)31-32-92(9)49-72(111)119-100)77(112)85-27-25-66(105)84-28-26-69(108)97-39-35-94(36-40-97)47-53-15-19-55(20-16-53)99-74(88-90-76(99)79(114)83-11-2)59-42-57(51(6)7)63(102)44-65(59)104/h13-20,41-44,50-51,60-61,81,101-104H,10-12,21-40,45-49H2,1-9H3,(H,82,113)(H,83,114)(H,84,105)(H,85,112)(H,86,106)(H,115,116)/t60-,61-/m1/s1. The van der Waals surface area contributed by atoms with Crippen molar-refractivity contribution in [3.8, 4) is 57.1 Å². The van der Waals surface area contributed by atoms with Crippen molar-refractivity contribution in [2.75, 3.05) is 145 Å². The van der Waals surface area contributed by atoms with Gasteiger partial charge in [-0.3, -0.25) is 86.5 Å². The van der Waals surface area contributed by atoms with E-state index in [1.165, 1.54) is 12.1 Å². The summed E-state index contributed by atoms with van der Waals surface area (Å²) < 4.78 is 3.10. The fourth-order valence-electron chi connectivity index (χ4n) is 13.9. The summed E-state index contributed by atoms with van der Waals surface area (Å²) in [5, 5.41) is 87.1.